The Morgan fingerprint density at radius 1 is 1.03 bits per heavy atom. The third kappa shape index (κ3) is 6.34. The van der Waals surface area contributed by atoms with E-state index in [2.05, 4.69) is 25.0 Å². The van der Waals surface area contributed by atoms with Gasteiger partial charge < -0.3 is 15.1 Å². The zero-order valence-electron chi connectivity index (χ0n) is 19.2. The van der Waals surface area contributed by atoms with Gasteiger partial charge >= 0.3 is 0 Å². The molecule has 0 spiro atoms. The second-order valence-electron chi connectivity index (χ2n) is 9.25. The number of benzene rings is 1. The van der Waals surface area contributed by atoms with Crippen LogP contribution in [0.25, 0.3) is 0 Å². The number of carbonyl (C=O) groups is 1. The maximum Gasteiger partial charge on any atom is 0.236 e. The first-order valence-electron chi connectivity index (χ1n) is 11.8. The summed E-state index contributed by atoms with van der Waals surface area (Å²) in [6, 6.07) is 6.99. The van der Waals surface area contributed by atoms with Gasteiger partial charge in [-0.05, 0) is 43.4 Å². The average molecular weight is 557 g/mol. The number of aliphatic imine (C=N–C) groups is 1. The van der Waals surface area contributed by atoms with Gasteiger partial charge in [-0.25, -0.2) is 4.39 Å². The van der Waals surface area contributed by atoms with E-state index in [1.807, 2.05) is 13.1 Å². The summed E-state index contributed by atoms with van der Waals surface area (Å²) >= 11 is 0. The fourth-order valence-electron chi connectivity index (χ4n) is 4.85. The molecule has 1 aromatic carbocycles. The molecule has 2 heterocycles. The fourth-order valence-corrected chi connectivity index (χ4v) is 4.85. The van der Waals surface area contributed by atoms with Gasteiger partial charge in [-0.15, -0.1) is 24.0 Å². The number of halogens is 2. The molecule has 1 aliphatic carbocycles. The lowest BCUT2D eigenvalue weighted by molar-refractivity contribution is -0.132. The molecule has 2 aliphatic heterocycles. The lowest BCUT2D eigenvalue weighted by atomic mass is 9.96. The molecule has 1 N–H and O–H groups in total. The van der Waals surface area contributed by atoms with Crippen molar-refractivity contribution in [3.8, 4) is 0 Å². The van der Waals surface area contributed by atoms with Crippen LogP contribution in [0, 0.1) is 5.82 Å². The predicted octanol–water partition coefficient (Wildman–Crippen LogP) is 3.07. The van der Waals surface area contributed by atoms with Crippen LogP contribution in [0.1, 0.15) is 44.1 Å². The number of nitrogens with zero attached hydrogens (tertiary/aromatic N) is 4. The van der Waals surface area contributed by atoms with Crippen molar-refractivity contribution in [3.63, 3.8) is 0 Å². The van der Waals surface area contributed by atoms with Crippen molar-refractivity contribution in [3.05, 3.63) is 35.6 Å². The molecule has 0 aromatic heterocycles. The van der Waals surface area contributed by atoms with E-state index in [4.69, 9.17) is 0 Å². The van der Waals surface area contributed by atoms with Crippen molar-refractivity contribution in [1.29, 1.82) is 0 Å². The number of carbonyl (C=O) groups excluding carboxylic acids is 1. The van der Waals surface area contributed by atoms with Crippen LogP contribution in [0.4, 0.5) is 4.39 Å². The van der Waals surface area contributed by atoms with Crippen molar-refractivity contribution in [2.75, 3.05) is 59.4 Å². The van der Waals surface area contributed by atoms with Crippen LogP contribution in [-0.2, 0) is 10.2 Å². The molecule has 0 radical (unpaired) electrons. The van der Waals surface area contributed by atoms with E-state index in [-0.39, 0.29) is 41.1 Å². The van der Waals surface area contributed by atoms with Crippen LogP contribution < -0.4 is 5.32 Å². The van der Waals surface area contributed by atoms with Gasteiger partial charge in [0.15, 0.2) is 5.96 Å². The zero-order valence-corrected chi connectivity index (χ0v) is 21.5. The molecule has 32 heavy (non-hydrogen) atoms. The number of likely N-dealkylation sites (tertiary alicyclic amines) is 1. The van der Waals surface area contributed by atoms with Crippen LogP contribution in [0.2, 0.25) is 0 Å². The SMILES string of the molecule is CN=C(NCC1(c2cccc(F)c2)CC1)N1CCN(CC(=O)N2CCCCCC2)CC1.I. The highest BCUT2D eigenvalue weighted by molar-refractivity contribution is 14.0. The van der Waals surface area contributed by atoms with Gasteiger partial charge in [0.05, 0.1) is 6.54 Å². The summed E-state index contributed by atoms with van der Waals surface area (Å²) in [6.07, 6.45) is 6.92. The molecular formula is C24H37FIN5O. The molecule has 2 saturated heterocycles. The Labute approximate surface area is 208 Å². The average Bonchev–Trinajstić information content (AvgIpc) is 3.60. The third-order valence-electron chi connectivity index (χ3n) is 7.08. The molecule has 0 unspecified atom stereocenters. The first-order valence-corrected chi connectivity index (χ1v) is 11.8. The minimum absolute atomic E-state index is 0. The van der Waals surface area contributed by atoms with Crippen LogP contribution >= 0.6 is 24.0 Å². The molecule has 8 heteroatoms. The summed E-state index contributed by atoms with van der Waals surface area (Å²) in [7, 11) is 1.82. The monoisotopic (exact) mass is 557 g/mol. The van der Waals surface area contributed by atoms with E-state index in [1.54, 1.807) is 12.1 Å². The van der Waals surface area contributed by atoms with Crippen LogP contribution in [0.3, 0.4) is 0 Å². The van der Waals surface area contributed by atoms with Crippen molar-refractivity contribution in [1.82, 2.24) is 20.0 Å². The largest absolute Gasteiger partial charge is 0.355 e. The summed E-state index contributed by atoms with van der Waals surface area (Å²) in [5.74, 6) is 1.02. The third-order valence-corrected chi connectivity index (χ3v) is 7.08. The highest BCUT2D eigenvalue weighted by Gasteiger charge is 2.44. The Balaban J connectivity index is 0.00000289. The van der Waals surface area contributed by atoms with Gasteiger partial charge in [-0.2, -0.15) is 0 Å². The summed E-state index contributed by atoms with van der Waals surface area (Å²) in [5.41, 5.74) is 1.10. The maximum absolute atomic E-state index is 13.7. The molecule has 3 fully saturated rings. The normalized spacial score (nSPS) is 21.5. The minimum Gasteiger partial charge on any atom is -0.355 e. The van der Waals surface area contributed by atoms with Gasteiger partial charge in [0.2, 0.25) is 5.91 Å². The summed E-state index contributed by atoms with van der Waals surface area (Å²) in [6.45, 7) is 6.61. The number of hydrogen-bond acceptors (Lipinski definition) is 3. The van der Waals surface area contributed by atoms with E-state index in [0.29, 0.717) is 6.54 Å². The Kier molecular flexibility index (Phi) is 9.16. The summed E-state index contributed by atoms with van der Waals surface area (Å²) in [5, 5.41) is 3.53. The smallest absolute Gasteiger partial charge is 0.236 e. The van der Waals surface area contributed by atoms with E-state index < -0.39 is 0 Å². The number of rotatable bonds is 5. The molecule has 3 aliphatic rings. The van der Waals surface area contributed by atoms with E-state index in [0.717, 1.165) is 83.0 Å². The topological polar surface area (TPSA) is 51.2 Å². The zero-order chi connectivity index (χ0) is 21.7. The fraction of sp³-hybridized carbons (Fsp3) is 0.667. The number of piperazine rings is 1. The molecule has 178 valence electrons. The van der Waals surface area contributed by atoms with E-state index in [1.165, 1.54) is 18.9 Å². The Bertz CT molecular complexity index is 784. The lowest BCUT2D eigenvalue weighted by Crippen LogP contribution is -2.55. The van der Waals surface area contributed by atoms with Gasteiger partial charge in [0.25, 0.3) is 0 Å². The molecule has 4 rings (SSSR count). The Morgan fingerprint density at radius 3 is 2.31 bits per heavy atom. The lowest BCUT2D eigenvalue weighted by Gasteiger charge is -2.37. The second kappa shape index (κ2) is 11.6. The van der Waals surface area contributed by atoms with E-state index in [9.17, 15) is 9.18 Å². The highest BCUT2D eigenvalue weighted by Crippen LogP contribution is 2.47. The first kappa shape index (κ1) is 25.2. The van der Waals surface area contributed by atoms with Crippen molar-refractivity contribution < 1.29 is 9.18 Å². The van der Waals surface area contributed by atoms with E-state index >= 15 is 0 Å². The second-order valence-corrected chi connectivity index (χ2v) is 9.25. The quantitative estimate of drug-likeness (QED) is 0.344. The number of guanidine groups is 1. The molecule has 1 aromatic rings. The standard InChI is InChI=1S/C24H36FN5O.HI/c1-26-23(27-19-24(9-10-24)20-7-6-8-21(25)17-20)30-15-13-28(14-16-30)18-22(31)29-11-4-2-3-5-12-29;/h6-8,17H,2-5,9-16,18-19H2,1H3,(H,26,27);1H. The first-order chi connectivity index (χ1) is 15.1. The van der Waals surface area contributed by atoms with Gasteiger partial charge in [0.1, 0.15) is 5.82 Å². The number of amides is 1. The van der Waals surface area contributed by atoms with Crippen molar-refractivity contribution >= 4 is 35.8 Å². The summed E-state index contributed by atoms with van der Waals surface area (Å²) in [4.78, 5) is 23.8. The Morgan fingerprint density at radius 2 is 1.72 bits per heavy atom. The minimum atomic E-state index is -0.168. The highest BCUT2D eigenvalue weighted by atomic mass is 127. The van der Waals surface area contributed by atoms with Gasteiger partial charge in [-0.1, -0.05) is 25.0 Å². The molecule has 1 saturated carbocycles. The van der Waals surface area contributed by atoms with Crippen LogP contribution in [-0.4, -0.2) is 86.0 Å². The predicted molar refractivity (Wildman–Crippen MR) is 137 cm³/mol. The molecule has 1 amide bonds. The molecular weight excluding hydrogens is 520 g/mol. The van der Waals surface area contributed by atoms with Gasteiger partial charge in [-0.3, -0.25) is 14.7 Å². The number of hydrogen-bond donors (Lipinski definition) is 1. The van der Waals surface area contributed by atoms with Crippen molar-refractivity contribution in [2.24, 2.45) is 4.99 Å². The summed E-state index contributed by atoms with van der Waals surface area (Å²) < 4.78 is 13.7. The number of nitrogens with one attached hydrogen (secondary N) is 1. The van der Waals surface area contributed by atoms with Crippen LogP contribution in [0.15, 0.2) is 29.3 Å². The molecule has 0 bridgehead atoms. The van der Waals surface area contributed by atoms with Crippen LogP contribution in [0.5, 0.6) is 0 Å². The Hall–Kier alpha value is -1.42. The molecule has 0 atom stereocenters. The van der Waals surface area contributed by atoms with Gasteiger partial charge in [0, 0.05) is 58.3 Å². The molecule has 6 nitrogen and oxygen atoms in total. The van der Waals surface area contributed by atoms with Crippen molar-refractivity contribution in [2.45, 2.75) is 43.9 Å². The maximum atomic E-state index is 13.7.